The number of hydrogen-bond donors (Lipinski definition) is 0. The first-order valence-corrected chi connectivity index (χ1v) is 6.14. The zero-order valence-corrected chi connectivity index (χ0v) is 11.1. The van der Waals surface area contributed by atoms with Crippen LogP contribution < -0.4 is 4.74 Å². The monoisotopic (exact) mass is 277 g/mol. The van der Waals surface area contributed by atoms with E-state index in [1.54, 1.807) is 31.2 Å². The predicted molar refractivity (Wildman–Crippen MR) is 71.7 cm³/mol. The van der Waals surface area contributed by atoms with Gasteiger partial charge >= 0.3 is 5.97 Å². The summed E-state index contributed by atoms with van der Waals surface area (Å²) in [6.45, 7) is 2.08. The molecule has 19 heavy (non-hydrogen) atoms. The van der Waals surface area contributed by atoms with Crippen molar-refractivity contribution in [1.82, 2.24) is 4.98 Å². The molecule has 1 aromatic carbocycles. The molecule has 4 nitrogen and oxygen atoms in total. The molecule has 98 valence electrons. The van der Waals surface area contributed by atoms with Crippen LogP contribution in [0.25, 0.3) is 0 Å². The third-order valence-electron chi connectivity index (χ3n) is 2.30. The van der Waals surface area contributed by atoms with Gasteiger partial charge in [-0.15, -0.1) is 0 Å². The fraction of sp³-hybridized carbons (Fsp3) is 0.143. The highest BCUT2D eigenvalue weighted by Crippen LogP contribution is 2.27. The second-order valence-electron chi connectivity index (χ2n) is 3.64. The van der Waals surface area contributed by atoms with E-state index in [0.29, 0.717) is 28.8 Å². The summed E-state index contributed by atoms with van der Waals surface area (Å²) in [5.74, 6) is 0.473. The lowest BCUT2D eigenvalue weighted by atomic mass is 10.3. The molecule has 0 atom stereocenters. The van der Waals surface area contributed by atoms with E-state index in [1.807, 2.05) is 12.1 Å². The summed E-state index contributed by atoms with van der Waals surface area (Å²) in [5.41, 5.74) is 0.383. The van der Waals surface area contributed by atoms with Gasteiger partial charge in [0.05, 0.1) is 17.2 Å². The van der Waals surface area contributed by atoms with Gasteiger partial charge in [-0.25, -0.2) is 9.78 Å². The normalized spacial score (nSPS) is 10.0. The molecule has 2 rings (SSSR count). The summed E-state index contributed by atoms with van der Waals surface area (Å²) in [6.07, 6.45) is 1.41. The van der Waals surface area contributed by atoms with Gasteiger partial charge < -0.3 is 9.47 Å². The molecule has 0 N–H and O–H groups in total. The van der Waals surface area contributed by atoms with Crippen LogP contribution in [0.3, 0.4) is 0 Å². The fourth-order valence-corrected chi connectivity index (χ4v) is 1.59. The van der Waals surface area contributed by atoms with E-state index in [1.165, 1.54) is 6.20 Å². The smallest absolute Gasteiger partial charge is 0.339 e. The zero-order valence-electron chi connectivity index (χ0n) is 10.3. The molecule has 0 saturated carbocycles. The van der Waals surface area contributed by atoms with E-state index < -0.39 is 5.97 Å². The van der Waals surface area contributed by atoms with Crippen molar-refractivity contribution in [2.75, 3.05) is 6.61 Å². The van der Waals surface area contributed by atoms with Crippen LogP contribution in [-0.2, 0) is 4.74 Å². The number of nitrogens with zero attached hydrogens (tertiary/aromatic N) is 1. The molecule has 1 heterocycles. The minimum Gasteiger partial charge on any atom is -0.462 e. The number of benzene rings is 1. The van der Waals surface area contributed by atoms with E-state index in [-0.39, 0.29) is 0 Å². The molecular weight excluding hydrogens is 266 g/mol. The lowest BCUT2D eigenvalue weighted by Gasteiger charge is -2.06. The molecule has 0 bridgehead atoms. The maximum atomic E-state index is 11.4. The molecule has 0 aliphatic carbocycles. The molecular formula is C14H12ClNO3. The highest BCUT2D eigenvalue weighted by molar-refractivity contribution is 6.32. The maximum absolute atomic E-state index is 11.4. The van der Waals surface area contributed by atoms with E-state index >= 15 is 0 Å². The van der Waals surface area contributed by atoms with Crippen molar-refractivity contribution >= 4 is 17.6 Å². The summed E-state index contributed by atoms with van der Waals surface area (Å²) < 4.78 is 10.4. The van der Waals surface area contributed by atoms with Crippen LogP contribution in [0.15, 0.2) is 42.6 Å². The number of pyridine rings is 1. The lowest BCUT2D eigenvalue weighted by molar-refractivity contribution is 0.0526. The number of aromatic nitrogens is 1. The van der Waals surface area contributed by atoms with Crippen molar-refractivity contribution in [1.29, 1.82) is 0 Å². The number of carbonyl (C=O) groups excluding carboxylic acids is 1. The molecule has 0 aliphatic heterocycles. The van der Waals surface area contributed by atoms with E-state index in [9.17, 15) is 4.79 Å². The topological polar surface area (TPSA) is 48.4 Å². The third kappa shape index (κ3) is 3.45. The fourth-order valence-electron chi connectivity index (χ4n) is 1.42. The Bertz CT molecular complexity index is 569. The van der Waals surface area contributed by atoms with Crippen molar-refractivity contribution in [3.63, 3.8) is 0 Å². The van der Waals surface area contributed by atoms with Crippen LogP contribution in [0.1, 0.15) is 17.3 Å². The Morgan fingerprint density at radius 1 is 1.26 bits per heavy atom. The first kappa shape index (κ1) is 13.4. The molecule has 0 saturated heterocycles. The number of carbonyl (C=O) groups is 1. The van der Waals surface area contributed by atoms with Gasteiger partial charge in [0.1, 0.15) is 5.75 Å². The SMILES string of the molecule is CCOC(=O)c1ccc(Oc2ccccc2Cl)nc1. The second kappa shape index (κ2) is 6.20. The van der Waals surface area contributed by atoms with Crippen molar-refractivity contribution in [3.05, 3.63) is 53.2 Å². The van der Waals surface area contributed by atoms with Crippen LogP contribution in [0.5, 0.6) is 11.6 Å². The summed E-state index contributed by atoms with van der Waals surface area (Å²) in [7, 11) is 0. The number of rotatable bonds is 4. The maximum Gasteiger partial charge on any atom is 0.339 e. The van der Waals surface area contributed by atoms with Gasteiger partial charge in [-0.3, -0.25) is 0 Å². The Morgan fingerprint density at radius 2 is 2.05 bits per heavy atom. The van der Waals surface area contributed by atoms with Crippen LogP contribution in [0.4, 0.5) is 0 Å². The lowest BCUT2D eigenvalue weighted by Crippen LogP contribution is -2.04. The average molecular weight is 278 g/mol. The molecule has 1 aromatic heterocycles. The van der Waals surface area contributed by atoms with Gasteiger partial charge in [-0.2, -0.15) is 0 Å². The Morgan fingerprint density at radius 3 is 2.68 bits per heavy atom. The van der Waals surface area contributed by atoms with Gasteiger partial charge in [0.25, 0.3) is 0 Å². The highest BCUT2D eigenvalue weighted by atomic mass is 35.5. The molecule has 0 unspecified atom stereocenters. The number of para-hydroxylation sites is 1. The zero-order chi connectivity index (χ0) is 13.7. The third-order valence-corrected chi connectivity index (χ3v) is 2.61. The Labute approximate surface area is 115 Å². The number of esters is 1. The van der Waals surface area contributed by atoms with Crippen molar-refractivity contribution < 1.29 is 14.3 Å². The second-order valence-corrected chi connectivity index (χ2v) is 4.05. The highest BCUT2D eigenvalue weighted by Gasteiger charge is 2.08. The molecule has 0 spiro atoms. The van der Waals surface area contributed by atoms with Crippen LogP contribution in [0.2, 0.25) is 5.02 Å². The van der Waals surface area contributed by atoms with Crippen LogP contribution in [-0.4, -0.2) is 17.6 Å². The van der Waals surface area contributed by atoms with Gasteiger partial charge in [0.15, 0.2) is 0 Å². The Balaban J connectivity index is 2.11. The Kier molecular flexibility index (Phi) is 4.36. The van der Waals surface area contributed by atoms with Crippen molar-refractivity contribution in [3.8, 4) is 11.6 Å². The molecule has 0 fully saturated rings. The molecule has 0 aliphatic rings. The molecule has 0 amide bonds. The summed E-state index contributed by atoms with van der Waals surface area (Å²) in [4.78, 5) is 15.5. The predicted octanol–water partition coefficient (Wildman–Crippen LogP) is 3.70. The van der Waals surface area contributed by atoms with Crippen molar-refractivity contribution in [2.24, 2.45) is 0 Å². The number of halogens is 1. The largest absolute Gasteiger partial charge is 0.462 e. The van der Waals surface area contributed by atoms with Gasteiger partial charge in [-0.05, 0) is 25.1 Å². The molecule has 2 aromatic rings. The van der Waals surface area contributed by atoms with Gasteiger partial charge in [0.2, 0.25) is 5.88 Å². The first-order chi connectivity index (χ1) is 9.20. The van der Waals surface area contributed by atoms with E-state index in [4.69, 9.17) is 21.1 Å². The van der Waals surface area contributed by atoms with Gasteiger partial charge in [-0.1, -0.05) is 23.7 Å². The summed E-state index contributed by atoms with van der Waals surface area (Å²) in [6, 6.07) is 10.3. The van der Waals surface area contributed by atoms with Gasteiger partial charge in [0, 0.05) is 12.3 Å². The Hall–Kier alpha value is -2.07. The first-order valence-electron chi connectivity index (χ1n) is 5.76. The van der Waals surface area contributed by atoms with Crippen LogP contribution >= 0.6 is 11.6 Å². The number of hydrogen-bond acceptors (Lipinski definition) is 4. The van der Waals surface area contributed by atoms with Crippen molar-refractivity contribution in [2.45, 2.75) is 6.92 Å². The average Bonchev–Trinajstić information content (AvgIpc) is 2.42. The minimum absolute atomic E-state index is 0.330. The minimum atomic E-state index is -0.403. The van der Waals surface area contributed by atoms with E-state index in [2.05, 4.69) is 4.98 Å². The number of ether oxygens (including phenoxy) is 2. The molecule has 0 radical (unpaired) electrons. The summed E-state index contributed by atoms with van der Waals surface area (Å²) in [5, 5.41) is 0.499. The standard InChI is InChI=1S/C14H12ClNO3/c1-2-18-14(17)10-7-8-13(16-9-10)19-12-6-4-3-5-11(12)15/h3-9H,2H2,1H3. The van der Waals surface area contributed by atoms with E-state index in [0.717, 1.165) is 0 Å². The quantitative estimate of drug-likeness (QED) is 0.800. The summed E-state index contributed by atoms with van der Waals surface area (Å²) >= 11 is 5.97. The van der Waals surface area contributed by atoms with Crippen LogP contribution in [0, 0.1) is 0 Å². The molecule has 5 heteroatoms.